The van der Waals surface area contributed by atoms with Crippen LogP contribution in [0.2, 0.25) is 0 Å². The van der Waals surface area contributed by atoms with Crippen molar-refractivity contribution in [2.45, 2.75) is 33.3 Å². The van der Waals surface area contributed by atoms with Crippen molar-refractivity contribution < 1.29 is 14.4 Å². The molecule has 0 aliphatic carbocycles. The normalized spacial score (nSPS) is 12.0. The molecule has 2 aromatic rings. The van der Waals surface area contributed by atoms with Gasteiger partial charge in [-0.05, 0) is 25.0 Å². The summed E-state index contributed by atoms with van der Waals surface area (Å²) >= 11 is 0. The molecule has 1 unspecified atom stereocenters. The van der Waals surface area contributed by atoms with Crippen molar-refractivity contribution in [3.05, 3.63) is 46.8 Å². The van der Waals surface area contributed by atoms with E-state index in [1.807, 2.05) is 38.1 Å². The lowest BCUT2D eigenvalue weighted by atomic mass is 10.0. The van der Waals surface area contributed by atoms with E-state index in [1.54, 1.807) is 6.92 Å². The van der Waals surface area contributed by atoms with Gasteiger partial charge < -0.3 is 20.3 Å². The van der Waals surface area contributed by atoms with Crippen LogP contribution in [0.1, 0.15) is 35.6 Å². The zero-order valence-corrected chi connectivity index (χ0v) is 13.0. The fourth-order valence-electron chi connectivity index (χ4n) is 2.24. The molecule has 2 amide bonds. The highest BCUT2D eigenvalue weighted by atomic mass is 16.5. The summed E-state index contributed by atoms with van der Waals surface area (Å²) in [6, 6.07) is 7.14. The Hall–Kier alpha value is -2.34. The van der Waals surface area contributed by atoms with Crippen molar-refractivity contribution in [3.8, 4) is 0 Å². The first kappa shape index (κ1) is 16.0. The standard InChI is InChI=1S/C16H21N3O3/c1-4-14-15(11(3)19-22-14)18-16(21)17-9-13(20)12-8-6-5-7-10(12)2/h5-8,13,20H,4,9H2,1-3H3,(H2,17,18,21). The second-order valence-corrected chi connectivity index (χ2v) is 5.13. The van der Waals surface area contributed by atoms with Gasteiger partial charge in [0.25, 0.3) is 0 Å². The highest BCUT2D eigenvalue weighted by molar-refractivity contribution is 5.90. The van der Waals surface area contributed by atoms with Gasteiger partial charge in [-0.1, -0.05) is 36.3 Å². The summed E-state index contributed by atoms with van der Waals surface area (Å²) in [6.07, 6.45) is -0.108. The fraction of sp³-hybridized carbons (Fsp3) is 0.375. The number of urea groups is 1. The maximum absolute atomic E-state index is 11.9. The quantitative estimate of drug-likeness (QED) is 0.792. The highest BCUT2D eigenvalue weighted by Gasteiger charge is 2.15. The number of aliphatic hydroxyl groups is 1. The van der Waals surface area contributed by atoms with Gasteiger partial charge in [0.1, 0.15) is 11.4 Å². The summed E-state index contributed by atoms with van der Waals surface area (Å²) in [5.41, 5.74) is 3.01. The molecule has 2 rings (SSSR count). The smallest absolute Gasteiger partial charge is 0.319 e. The SMILES string of the molecule is CCc1onc(C)c1NC(=O)NCC(O)c1ccccc1C. The van der Waals surface area contributed by atoms with E-state index in [0.717, 1.165) is 11.1 Å². The molecule has 0 aliphatic heterocycles. The number of carbonyl (C=O) groups excluding carboxylic acids is 1. The first-order valence-corrected chi connectivity index (χ1v) is 7.26. The summed E-state index contributed by atoms with van der Waals surface area (Å²) in [4.78, 5) is 11.9. The van der Waals surface area contributed by atoms with E-state index in [0.29, 0.717) is 23.6 Å². The Bertz CT molecular complexity index is 652. The largest absolute Gasteiger partial charge is 0.387 e. The van der Waals surface area contributed by atoms with Gasteiger partial charge in [-0.15, -0.1) is 0 Å². The van der Waals surface area contributed by atoms with Gasteiger partial charge in [-0.25, -0.2) is 4.79 Å². The number of aryl methyl sites for hydroxylation is 3. The lowest BCUT2D eigenvalue weighted by Crippen LogP contribution is -2.32. The second kappa shape index (κ2) is 7.09. The van der Waals surface area contributed by atoms with Crippen LogP contribution in [0.3, 0.4) is 0 Å². The van der Waals surface area contributed by atoms with Crippen LogP contribution in [-0.2, 0) is 6.42 Å². The average Bonchev–Trinajstić information content (AvgIpc) is 2.86. The van der Waals surface area contributed by atoms with Crippen molar-refractivity contribution in [2.75, 3.05) is 11.9 Å². The number of amides is 2. The molecule has 0 fully saturated rings. The number of benzene rings is 1. The molecule has 0 aliphatic rings. The molecule has 0 saturated heterocycles. The molecule has 1 atom stereocenters. The Labute approximate surface area is 129 Å². The number of rotatable bonds is 5. The molecule has 1 aromatic heterocycles. The van der Waals surface area contributed by atoms with Crippen LogP contribution in [0.4, 0.5) is 10.5 Å². The molecule has 0 spiro atoms. The minimum atomic E-state index is -0.749. The summed E-state index contributed by atoms with van der Waals surface area (Å²) in [6.45, 7) is 5.74. The first-order valence-electron chi connectivity index (χ1n) is 7.26. The number of aliphatic hydroxyl groups excluding tert-OH is 1. The van der Waals surface area contributed by atoms with Crippen molar-refractivity contribution in [2.24, 2.45) is 0 Å². The summed E-state index contributed by atoms with van der Waals surface area (Å²) in [5.74, 6) is 0.632. The third-order valence-electron chi connectivity index (χ3n) is 3.50. The van der Waals surface area contributed by atoms with Gasteiger partial charge in [0, 0.05) is 13.0 Å². The average molecular weight is 303 g/mol. The zero-order valence-electron chi connectivity index (χ0n) is 13.0. The Balaban J connectivity index is 1.93. The number of aromatic nitrogens is 1. The highest BCUT2D eigenvalue weighted by Crippen LogP contribution is 2.20. The predicted molar refractivity (Wildman–Crippen MR) is 83.8 cm³/mol. The van der Waals surface area contributed by atoms with Crippen LogP contribution in [0.25, 0.3) is 0 Å². The van der Waals surface area contributed by atoms with Crippen molar-refractivity contribution in [1.82, 2.24) is 10.5 Å². The van der Waals surface area contributed by atoms with E-state index in [-0.39, 0.29) is 6.54 Å². The van der Waals surface area contributed by atoms with Crippen molar-refractivity contribution in [1.29, 1.82) is 0 Å². The van der Waals surface area contributed by atoms with E-state index in [9.17, 15) is 9.90 Å². The van der Waals surface area contributed by atoms with Gasteiger partial charge in [0.15, 0.2) is 5.76 Å². The number of hydrogen-bond acceptors (Lipinski definition) is 4. The minimum absolute atomic E-state index is 0.127. The Morgan fingerprint density at radius 3 is 2.77 bits per heavy atom. The first-order chi connectivity index (χ1) is 10.5. The Kier molecular flexibility index (Phi) is 5.16. The zero-order chi connectivity index (χ0) is 16.1. The molecule has 1 aromatic carbocycles. The third kappa shape index (κ3) is 3.65. The number of carbonyl (C=O) groups is 1. The van der Waals surface area contributed by atoms with E-state index in [4.69, 9.17) is 4.52 Å². The van der Waals surface area contributed by atoms with Crippen LogP contribution in [0.15, 0.2) is 28.8 Å². The maximum Gasteiger partial charge on any atom is 0.319 e. The van der Waals surface area contributed by atoms with E-state index in [2.05, 4.69) is 15.8 Å². The van der Waals surface area contributed by atoms with Crippen LogP contribution < -0.4 is 10.6 Å². The Morgan fingerprint density at radius 2 is 2.09 bits per heavy atom. The van der Waals surface area contributed by atoms with E-state index in [1.165, 1.54) is 0 Å². The second-order valence-electron chi connectivity index (χ2n) is 5.13. The van der Waals surface area contributed by atoms with E-state index >= 15 is 0 Å². The number of hydrogen-bond donors (Lipinski definition) is 3. The van der Waals surface area contributed by atoms with Crippen molar-refractivity contribution >= 4 is 11.7 Å². The number of anilines is 1. The molecular formula is C16H21N3O3. The molecule has 3 N–H and O–H groups in total. The molecule has 6 heteroatoms. The molecule has 22 heavy (non-hydrogen) atoms. The third-order valence-corrected chi connectivity index (χ3v) is 3.50. The Morgan fingerprint density at radius 1 is 1.36 bits per heavy atom. The van der Waals surface area contributed by atoms with Crippen LogP contribution >= 0.6 is 0 Å². The predicted octanol–water partition coefficient (Wildman–Crippen LogP) is 2.71. The monoisotopic (exact) mass is 303 g/mol. The summed E-state index contributed by atoms with van der Waals surface area (Å²) in [7, 11) is 0. The summed E-state index contributed by atoms with van der Waals surface area (Å²) in [5, 5.41) is 19.4. The molecule has 1 heterocycles. The molecule has 6 nitrogen and oxygen atoms in total. The van der Waals surface area contributed by atoms with Crippen LogP contribution in [0.5, 0.6) is 0 Å². The minimum Gasteiger partial charge on any atom is -0.387 e. The number of nitrogens with one attached hydrogen (secondary N) is 2. The lowest BCUT2D eigenvalue weighted by molar-refractivity contribution is 0.174. The van der Waals surface area contributed by atoms with Gasteiger partial charge >= 0.3 is 6.03 Å². The topological polar surface area (TPSA) is 87.4 Å². The fourth-order valence-corrected chi connectivity index (χ4v) is 2.24. The van der Waals surface area contributed by atoms with Crippen LogP contribution in [-0.4, -0.2) is 22.8 Å². The molecule has 0 bridgehead atoms. The van der Waals surface area contributed by atoms with E-state index < -0.39 is 12.1 Å². The van der Waals surface area contributed by atoms with Gasteiger partial charge in [0.2, 0.25) is 0 Å². The summed E-state index contributed by atoms with van der Waals surface area (Å²) < 4.78 is 5.11. The molecule has 118 valence electrons. The van der Waals surface area contributed by atoms with Crippen LogP contribution in [0, 0.1) is 13.8 Å². The van der Waals surface area contributed by atoms with Gasteiger partial charge in [-0.2, -0.15) is 0 Å². The van der Waals surface area contributed by atoms with Crippen molar-refractivity contribution in [3.63, 3.8) is 0 Å². The maximum atomic E-state index is 11.9. The van der Waals surface area contributed by atoms with Gasteiger partial charge in [0.05, 0.1) is 6.10 Å². The molecule has 0 saturated carbocycles. The molecule has 0 radical (unpaired) electrons. The van der Waals surface area contributed by atoms with Gasteiger partial charge in [-0.3, -0.25) is 0 Å². The number of nitrogens with zero attached hydrogens (tertiary/aromatic N) is 1. The molecular weight excluding hydrogens is 282 g/mol. The lowest BCUT2D eigenvalue weighted by Gasteiger charge is -2.15.